The zero-order chi connectivity index (χ0) is 14.6. The molecule has 1 fully saturated rings. The highest BCUT2D eigenvalue weighted by Crippen LogP contribution is 2.18. The first-order valence-corrected chi connectivity index (χ1v) is 6.60. The number of hydrogen-bond donors (Lipinski definition) is 2. The SMILES string of the molecule is CN1CC[C@H](C(=O)O)[C@H](NC(=O)OC(C)(C)C)CC1. The first-order chi connectivity index (χ1) is 8.69. The Balaban J connectivity index is 2.66. The summed E-state index contributed by atoms with van der Waals surface area (Å²) < 4.78 is 5.18. The molecule has 2 N–H and O–H groups in total. The van der Waals surface area contributed by atoms with Crippen molar-refractivity contribution in [2.75, 3.05) is 20.1 Å². The molecular formula is C13H24N2O4. The second kappa shape index (κ2) is 6.23. The fourth-order valence-electron chi connectivity index (χ4n) is 2.16. The highest BCUT2D eigenvalue weighted by atomic mass is 16.6. The summed E-state index contributed by atoms with van der Waals surface area (Å²) in [5, 5.41) is 12.0. The molecule has 19 heavy (non-hydrogen) atoms. The van der Waals surface area contributed by atoms with Gasteiger partial charge in [0.2, 0.25) is 0 Å². The number of carbonyl (C=O) groups excluding carboxylic acids is 1. The van der Waals surface area contributed by atoms with Crippen LogP contribution in [0.4, 0.5) is 4.79 Å². The van der Waals surface area contributed by atoms with Gasteiger partial charge in [0.1, 0.15) is 5.60 Å². The van der Waals surface area contributed by atoms with Gasteiger partial charge >= 0.3 is 12.1 Å². The summed E-state index contributed by atoms with van der Waals surface area (Å²) >= 11 is 0. The maximum Gasteiger partial charge on any atom is 0.407 e. The van der Waals surface area contributed by atoms with E-state index in [1.165, 1.54) is 0 Å². The third-order valence-electron chi connectivity index (χ3n) is 3.15. The smallest absolute Gasteiger partial charge is 0.407 e. The molecule has 0 aromatic heterocycles. The number of likely N-dealkylation sites (tertiary alicyclic amines) is 1. The topological polar surface area (TPSA) is 78.9 Å². The molecule has 1 heterocycles. The van der Waals surface area contributed by atoms with Gasteiger partial charge in [0.05, 0.1) is 5.92 Å². The first kappa shape index (κ1) is 15.8. The Bertz CT molecular complexity index is 338. The molecule has 1 saturated heterocycles. The quantitative estimate of drug-likeness (QED) is 0.792. The van der Waals surface area contributed by atoms with Gasteiger partial charge in [-0.05, 0) is 53.8 Å². The third-order valence-corrected chi connectivity index (χ3v) is 3.15. The summed E-state index contributed by atoms with van der Waals surface area (Å²) in [6, 6.07) is -0.378. The van der Waals surface area contributed by atoms with E-state index < -0.39 is 23.6 Å². The van der Waals surface area contributed by atoms with Crippen LogP contribution in [0.25, 0.3) is 0 Å². The molecule has 1 rings (SSSR count). The van der Waals surface area contributed by atoms with Crippen molar-refractivity contribution in [3.05, 3.63) is 0 Å². The van der Waals surface area contributed by atoms with Crippen molar-refractivity contribution in [3.8, 4) is 0 Å². The molecule has 0 spiro atoms. The normalized spacial score (nSPS) is 25.5. The summed E-state index contributed by atoms with van der Waals surface area (Å²) in [5.74, 6) is -1.42. The lowest BCUT2D eigenvalue weighted by Gasteiger charge is -2.25. The van der Waals surface area contributed by atoms with Gasteiger partial charge in [-0.15, -0.1) is 0 Å². The summed E-state index contributed by atoms with van der Waals surface area (Å²) in [7, 11) is 1.95. The van der Waals surface area contributed by atoms with Crippen LogP contribution in [-0.2, 0) is 9.53 Å². The van der Waals surface area contributed by atoms with Crippen LogP contribution in [0.15, 0.2) is 0 Å². The van der Waals surface area contributed by atoms with Gasteiger partial charge in [0.15, 0.2) is 0 Å². The molecule has 1 aliphatic heterocycles. The monoisotopic (exact) mass is 272 g/mol. The molecule has 110 valence electrons. The van der Waals surface area contributed by atoms with Gasteiger partial charge in [0, 0.05) is 6.04 Å². The lowest BCUT2D eigenvalue weighted by Crippen LogP contribution is -2.45. The Morgan fingerprint density at radius 3 is 2.37 bits per heavy atom. The number of amides is 1. The van der Waals surface area contributed by atoms with Crippen molar-refractivity contribution in [1.29, 1.82) is 0 Å². The van der Waals surface area contributed by atoms with Crippen molar-refractivity contribution < 1.29 is 19.4 Å². The van der Waals surface area contributed by atoms with E-state index >= 15 is 0 Å². The molecule has 0 saturated carbocycles. The maximum absolute atomic E-state index is 11.7. The van der Waals surface area contributed by atoms with Crippen LogP contribution in [0.3, 0.4) is 0 Å². The van der Waals surface area contributed by atoms with Gasteiger partial charge in [-0.25, -0.2) is 4.79 Å². The van der Waals surface area contributed by atoms with E-state index in [2.05, 4.69) is 10.2 Å². The van der Waals surface area contributed by atoms with Gasteiger partial charge in [-0.1, -0.05) is 0 Å². The second-order valence-electron chi connectivity index (χ2n) is 6.08. The van der Waals surface area contributed by atoms with Crippen LogP contribution in [0, 0.1) is 5.92 Å². The van der Waals surface area contributed by atoms with Crippen molar-refractivity contribution in [1.82, 2.24) is 10.2 Å². The molecule has 1 amide bonds. The van der Waals surface area contributed by atoms with E-state index in [0.29, 0.717) is 12.8 Å². The number of carboxylic acid groups (broad SMARTS) is 1. The minimum absolute atomic E-state index is 0.378. The Morgan fingerprint density at radius 2 is 1.84 bits per heavy atom. The Kier molecular flexibility index (Phi) is 5.17. The van der Waals surface area contributed by atoms with Crippen molar-refractivity contribution >= 4 is 12.1 Å². The number of aliphatic carboxylic acids is 1. The third kappa shape index (κ3) is 5.46. The Morgan fingerprint density at radius 1 is 1.26 bits per heavy atom. The predicted molar refractivity (Wildman–Crippen MR) is 71.0 cm³/mol. The van der Waals surface area contributed by atoms with E-state index in [1.807, 2.05) is 7.05 Å². The van der Waals surface area contributed by atoms with Crippen LogP contribution in [0.2, 0.25) is 0 Å². The largest absolute Gasteiger partial charge is 0.481 e. The van der Waals surface area contributed by atoms with Gasteiger partial charge in [-0.2, -0.15) is 0 Å². The van der Waals surface area contributed by atoms with Crippen LogP contribution in [0.5, 0.6) is 0 Å². The van der Waals surface area contributed by atoms with E-state index in [0.717, 1.165) is 13.1 Å². The maximum atomic E-state index is 11.7. The number of alkyl carbamates (subject to hydrolysis) is 1. The summed E-state index contributed by atoms with van der Waals surface area (Å²) in [5.41, 5.74) is -0.579. The standard InChI is InChI=1S/C13H24N2O4/c1-13(2,3)19-12(18)14-10-6-8-15(4)7-5-9(10)11(16)17/h9-10H,5-8H2,1-4H3,(H,14,18)(H,16,17)/t9-,10+/m0/s1. The van der Waals surface area contributed by atoms with Crippen LogP contribution >= 0.6 is 0 Å². The zero-order valence-corrected chi connectivity index (χ0v) is 12.1. The number of nitrogens with zero attached hydrogens (tertiary/aromatic N) is 1. The predicted octanol–water partition coefficient (Wildman–Crippen LogP) is 1.31. The molecule has 0 aliphatic carbocycles. The van der Waals surface area contributed by atoms with Gasteiger partial charge < -0.3 is 20.1 Å². The Hall–Kier alpha value is -1.30. The number of carbonyl (C=O) groups is 2. The summed E-state index contributed by atoms with van der Waals surface area (Å²) in [6.07, 6.45) is 0.604. The summed E-state index contributed by atoms with van der Waals surface area (Å²) in [4.78, 5) is 25.1. The molecule has 0 unspecified atom stereocenters. The number of nitrogens with one attached hydrogen (secondary N) is 1. The van der Waals surface area contributed by atoms with E-state index in [9.17, 15) is 14.7 Å². The minimum Gasteiger partial charge on any atom is -0.481 e. The molecule has 6 nitrogen and oxygen atoms in total. The fourth-order valence-corrected chi connectivity index (χ4v) is 2.16. The second-order valence-corrected chi connectivity index (χ2v) is 6.08. The molecule has 0 radical (unpaired) electrons. The van der Waals surface area contributed by atoms with E-state index in [-0.39, 0.29) is 6.04 Å². The molecular weight excluding hydrogens is 248 g/mol. The number of hydrogen-bond acceptors (Lipinski definition) is 4. The first-order valence-electron chi connectivity index (χ1n) is 6.60. The van der Waals surface area contributed by atoms with Crippen molar-refractivity contribution in [2.45, 2.75) is 45.3 Å². The molecule has 0 aromatic rings. The minimum atomic E-state index is -0.864. The molecule has 1 aliphatic rings. The van der Waals surface area contributed by atoms with Crippen LogP contribution < -0.4 is 5.32 Å². The van der Waals surface area contributed by atoms with Crippen LogP contribution in [0.1, 0.15) is 33.6 Å². The molecule has 0 aromatic carbocycles. The lowest BCUT2D eigenvalue weighted by atomic mass is 9.95. The van der Waals surface area contributed by atoms with Gasteiger partial charge in [-0.3, -0.25) is 4.79 Å². The van der Waals surface area contributed by atoms with Crippen LogP contribution in [-0.4, -0.2) is 53.8 Å². The van der Waals surface area contributed by atoms with E-state index in [4.69, 9.17) is 4.74 Å². The lowest BCUT2D eigenvalue weighted by molar-refractivity contribution is -0.142. The highest BCUT2D eigenvalue weighted by Gasteiger charge is 2.32. The molecule has 2 atom stereocenters. The fraction of sp³-hybridized carbons (Fsp3) is 0.846. The zero-order valence-electron chi connectivity index (χ0n) is 12.1. The van der Waals surface area contributed by atoms with Crippen molar-refractivity contribution in [2.24, 2.45) is 5.92 Å². The van der Waals surface area contributed by atoms with Crippen molar-refractivity contribution in [3.63, 3.8) is 0 Å². The summed E-state index contributed by atoms with van der Waals surface area (Å²) in [6.45, 7) is 6.83. The highest BCUT2D eigenvalue weighted by molar-refractivity contribution is 5.73. The Labute approximate surface area is 114 Å². The van der Waals surface area contributed by atoms with Gasteiger partial charge in [0.25, 0.3) is 0 Å². The molecule has 6 heteroatoms. The average Bonchev–Trinajstić information content (AvgIpc) is 2.38. The number of rotatable bonds is 2. The molecule has 0 bridgehead atoms. The number of ether oxygens (including phenoxy) is 1. The number of carboxylic acids is 1. The van der Waals surface area contributed by atoms with E-state index in [1.54, 1.807) is 20.8 Å². The average molecular weight is 272 g/mol.